The zero-order chi connectivity index (χ0) is 18.4. The number of aryl methyl sites for hydroxylation is 1. The van der Waals surface area contributed by atoms with Gasteiger partial charge in [0.05, 0.1) is 6.42 Å². The number of benzene rings is 1. The Hall–Kier alpha value is -1.64. The topological polar surface area (TPSA) is 54.4 Å². The number of Topliss-reactive ketones (excluding diaryl/α,β-unsaturated/α-hetero) is 1. The van der Waals surface area contributed by atoms with Crippen LogP contribution in [0.1, 0.15) is 104 Å². The molecule has 1 N–H and O–H groups in total. The number of aliphatic carboxylic acids is 1. The van der Waals surface area contributed by atoms with Crippen molar-refractivity contribution in [3.8, 4) is 0 Å². The Morgan fingerprint density at radius 2 is 1.54 bits per heavy atom. The summed E-state index contributed by atoms with van der Waals surface area (Å²) in [5.41, 5.74) is 3.30. The van der Waals surface area contributed by atoms with E-state index in [4.69, 9.17) is 5.11 Å². The minimum atomic E-state index is -0.874. The normalized spacial score (nSPS) is 23.1. The summed E-state index contributed by atoms with van der Waals surface area (Å²) in [5.74, 6) is -0.572. The molecule has 3 nitrogen and oxygen atoms in total. The van der Waals surface area contributed by atoms with Crippen molar-refractivity contribution in [2.45, 2.75) is 89.4 Å². The molecule has 142 valence electrons. The molecule has 2 aliphatic rings. The fourth-order valence-corrected chi connectivity index (χ4v) is 4.72. The van der Waals surface area contributed by atoms with Gasteiger partial charge in [-0.15, -0.1) is 0 Å². The maximum atomic E-state index is 12.6. The second-order valence-electron chi connectivity index (χ2n) is 8.22. The summed E-state index contributed by atoms with van der Waals surface area (Å²) in [7, 11) is 0. The molecule has 0 radical (unpaired) electrons. The van der Waals surface area contributed by atoms with E-state index in [2.05, 4.69) is 12.1 Å². The molecule has 0 aliphatic heterocycles. The highest BCUT2D eigenvalue weighted by atomic mass is 16.4. The smallest absolute Gasteiger partial charge is 0.304 e. The Morgan fingerprint density at radius 3 is 2.15 bits per heavy atom. The van der Waals surface area contributed by atoms with Crippen LogP contribution < -0.4 is 0 Å². The molecule has 2 aliphatic carbocycles. The van der Waals surface area contributed by atoms with Crippen LogP contribution in [0.4, 0.5) is 0 Å². The van der Waals surface area contributed by atoms with Gasteiger partial charge in [-0.05, 0) is 42.7 Å². The standard InChI is InChI=1S/C23H32O3/c24-22(25)16-20-12-11-19-15-18(13-14-21(19)23(20)26)17-9-7-5-3-1-2-4-6-8-10-17/h13-15,17,20H,1-12,16H2,(H,24,25). The van der Waals surface area contributed by atoms with Crippen molar-refractivity contribution in [1.82, 2.24) is 0 Å². The summed E-state index contributed by atoms with van der Waals surface area (Å²) in [6.07, 6.45) is 14.8. The predicted octanol–water partition coefficient (Wildman–Crippen LogP) is 5.90. The quantitative estimate of drug-likeness (QED) is 0.733. The van der Waals surface area contributed by atoms with Gasteiger partial charge in [-0.1, -0.05) is 69.6 Å². The molecule has 3 heteroatoms. The van der Waals surface area contributed by atoms with Crippen molar-refractivity contribution >= 4 is 11.8 Å². The first kappa shape index (κ1) is 19.1. The molecule has 0 aromatic heterocycles. The number of rotatable bonds is 3. The molecular formula is C23H32O3. The van der Waals surface area contributed by atoms with Crippen LogP contribution >= 0.6 is 0 Å². The number of fused-ring (bicyclic) bond motifs is 1. The third-order valence-corrected chi connectivity index (χ3v) is 6.28. The van der Waals surface area contributed by atoms with Gasteiger partial charge >= 0.3 is 5.97 Å². The first-order chi connectivity index (χ1) is 12.6. The van der Waals surface area contributed by atoms with Crippen molar-refractivity contribution in [2.24, 2.45) is 5.92 Å². The molecule has 0 saturated heterocycles. The molecule has 0 spiro atoms. The lowest BCUT2D eigenvalue weighted by Gasteiger charge is -2.24. The summed E-state index contributed by atoms with van der Waals surface area (Å²) < 4.78 is 0. The number of carboxylic acid groups (broad SMARTS) is 1. The van der Waals surface area contributed by atoms with Gasteiger partial charge < -0.3 is 5.11 Å². The van der Waals surface area contributed by atoms with Gasteiger partial charge in [0.15, 0.2) is 5.78 Å². The summed E-state index contributed by atoms with van der Waals surface area (Å²) in [6.45, 7) is 0. The molecule has 26 heavy (non-hydrogen) atoms. The maximum absolute atomic E-state index is 12.6. The van der Waals surface area contributed by atoms with Gasteiger partial charge in [-0.3, -0.25) is 9.59 Å². The predicted molar refractivity (Wildman–Crippen MR) is 104 cm³/mol. The van der Waals surface area contributed by atoms with Crippen LogP contribution in [0.2, 0.25) is 0 Å². The summed E-state index contributed by atoms with van der Waals surface area (Å²) >= 11 is 0. The van der Waals surface area contributed by atoms with E-state index < -0.39 is 5.97 Å². The molecule has 1 unspecified atom stereocenters. The Bertz CT molecular complexity index is 622. The number of carbonyl (C=O) groups is 2. The Balaban J connectivity index is 1.72. The zero-order valence-corrected chi connectivity index (χ0v) is 15.8. The molecular weight excluding hydrogens is 324 g/mol. The van der Waals surface area contributed by atoms with Crippen molar-refractivity contribution in [3.05, 3.63) is 34.9 Å². The van der Waals surface area contributed by atoms with E-state index >= 15 is 0 Å². The first-order valence-corrected chi connectivity index (χ1v) is 10.5. The van der Waals surface area contributed by atoms with Crippen LogP contribution in [-0.4, -0.2) is 16.9 Å². The highest BCUT2D eigenvalue weighted by molar-refractivity contribution is 6.01. The molecule has 1 aromatic rings. The second kappa shape index (κ2) is 9.34. The second-order valence-corrected chi connectivity index (χ2v) is 8.22. The fourth-order valence-electron chi connectivity index (χ4n) is 4.72. The molecule has 0 amide bonds. The average molecular weight is 357 g/mol. The zero-order valence-electron chi connectivity index (χ0n) is 15.8. The van der Waals surface area contributed by atoms with E-state index in [0.29, 0.717) is 12.3 Å². The van der Waals surface area contributed by atoms with Crippen molar-refractivity contribution in [1.29, 1.82) is 0 Å². The van der Waals surface area contributed by atoms with Gasteiger partial charge in [0.25, 0.3) is 0 Å². The highest BCUT2D eigenvalue weighted by Crippen LogP contribution is 2.34. The van der Waals surface area contributed by atoms with Crippen LogP contribution in [0.5, 0.6) is 0 Å². The van der Waals surface area contributed by atoms with E-state index in [1.807, 2.05) is 6.07 Å². The van der Waals surface area contributed by atoms with Crippen molar-refractivity contribution in [2.75, 3.05) is 0 Å². The third-order valence-electron chi connectivity index (χ3n) is 6.28. The largest absolute Gasteiger partial charge is 0.481 e. The monoisotopic (exact) mass is 356 g/mol. The van der Waals surface area contributed by atoms with Gasteiger partial charge in [-0.25, -0.2) is 0 Å². The molecule has 1 saturated carbocycles. The lowest BCUT2D eigenvalue weighted by atomic mass is 9.78. The van der Waals surface area contributed by atoms with Crippen LogP contribution in [0.25, 0.3) is 0 Å². The maximum Gasteiger partial charge on any atom is 0.304 e. The SMILES string of the molecule is O=C(O)CC1CCc2cc(C3CCCCCCCCCC3)ccc2C1=O. The van der Waals surface area contributed by atoms with Crippen LogP contribution in [-0.2, 0) is 11.2 Å². The van der Waals surface area contributed by atoms with Crippen LogP contribution in [0.15, 0.2) is 18.2 Å². The van der Waals surface area contributed by atoms with Crippen molar-refractivity contribution < 1.29 is 14.7 Å². The van der Waals surface area contributed by atoms with Gasteiger partial charge in [0, 0.05) is 11.5 Å². The Kier molecular flexibility index (Phi) is 6.87. The van der Waals surface area contributed by atoms with Crippen molar-refractivity contribution in [3.63, 3.8) is 0 Å². The van der Waals surface area contributed by atoms with E-state index in [1.165, 1.54) is 69.8 Å². The molecule has 0 bridgehead atoms. The van der Waals surface area contributed by atoms with Gasteiger partial charge in [-0.2, -0.15) is 0 Å². The van der Waals surface area contributed by atoms with Gasteiger partial charge in [0.1, 0.15) is 0 Å². The van der Waals surface area contributed by atoms with Crippen LogP contribution in [0.3, 0.4) is 0 Å². The lowest BCUT2D eigenvalue weighted by Crippen LogP contribution is -2.25. The lowest BCUT2D eigenvalue weighted by molar-refractivity contribution is -0.137. The van der Waals surface area contributed by atoms with E-state index in [-0.39, 0.29) is 18.1 Å². The fraction of sp³-hybridized carbons (Fsp3) is 0.652. The van der Waals surface area contributed by atoms with Gasteiger partial charge in [0.2, 0.25) is 0 Å². The first-order valence-electron chi connectivity index (χ1n) is 10.5. The highest BCUT2D eigenvalue weighted by Gasteiger charge is 2.29. The molecule has 1 aromatic carbocycles. The molecule has 1 atom stereocenters. The van der Waals surface area contributed by atoms with E-state index in [9.17, 15) is 9.59 Å². The number of carbonyl (C=O) groups excluding carboxylic acids is 1. The summed E-state index contributed by atoms with van der Waals surface area (Å²) in [5, 5.41) is 9.01. The average Bonchev–Trinajstić information content (AvgIpc) is 2.69. The Morgan fingerprint density at radius 1 is 0.923 bits per heavy atom. The summed E-state index contributed by atoms with van der Waals surface area (Å²) in [6, 6.07) is 6.38. The van der Waals surface area contributed by atoms with Crippen LogP contribution in [0, 0.1) is 5.92 Å². The number of carboxylic acids is 1. The van der Waals surface area contributed by atoms with E-state index in [0.717, 1.165) is 17.5 Å². The number of ketones is 1. The summed E-state index contributed by atoms with van der Waals surface area (Å²) in [4.78, 5) is 23.6. The number of hydrogen-bond acceptors (Lipinski definition) is 2. The molecule has 0 heterocycles. The third kappa shape index (κ3) is 4.96. The molecule has 1 fully saturated rings. The van der Waals surface area contributed by atoms with E-state index in [1.54, 1.807) is 0 Å². The number of hydrogen-bond donors (Lipinski definition) is 1. The minimum Gasteiger partial charge on any atom is -0.481 e. The molecule has 3 rings (SSSR count). The minimum absolute atomic E-state index is 0.0302. The Labute approximate surface area is 157 Å².